The van der Waals surface area contributed by atoms with Gasteiger partial charge in [0.1, 0.15) is 17.2 Å². The molecule has 0 radical (unpaired) electrons. The first-order chi connectivity index (χ1) is 19.9. The maximum absolute atomic E-state index is 14.4. The van der Waals surface area contributed by atoms with Crippen molar-refractivity contribution in [3.8, 4) is 11.1 Å². The zero-order valence-electron chi connectivity index (χ0n) is 25.3. The maximum Gasteiger partial charge on any atom is 0.408 e. The van der Waals surface area contributed by atoms with E-state index in [0.29, 0.717) is 11.1 Å². The Bertz CT molecular complexity index is 1360. The van der Waals surface area contributed by atoms with Crippen molar-refractivity contribution in [1.82, 2.24) is 5.32 Å². The van der Waals surface area contributed by atoms with Crippen molar-refractivity contribution in [3.05, 3.63) is 60.2 Å². The second kappa shape index (κ2) is 13.4. The Morgan fingerprint density at radius 1 is 0.773 bits per heavy atom. The van der Waals surface area contributed by atoms with Gasteiger partial charge in [0, 0.05) is 21.2 Å². The van der Waals surface area contributed by atoms with Gasteiger partial charge in [-0.25, -0.2) is 13.8 Å². The molecule has 0 heterocycles. The molecule has 0 saturated heterocycles. The number of nitrogens with one attached hydrogen (secondary N) is 2. The molecular formula is C30H38F6N2O5S. The first-order valence-corrected chi connectivity index (χ1v) is 15.5. The van der Waals surface area contributed by atoms with Gasteiger partial charge in [-0.3, -0.25) is 4.78 Å². The van der Waals surface area contributed by atoms with Crippen molar-refractivity contribution in [3.63, 3.8) is 0 Å². The van der Waals surface area contributed by atoms with E-state index >= 15 is 0 Å². The maximum atomic E-state index is 14.4. The number of amides is 1. The molecule has 246 valence electrons. The van der Waals surface area contributed by atoms with Crippen LogP contribution in [-0.2, 0) is 29.4 Å². The summed E-state index contributed by atoms with van der Waals surface area (Å²) < 4.78 is 118. The van der Waals surface area contributed by atoms with Crippen LogP contribution in [0.1, 0.15) is 59.9 Å². The Morgan fingerprint density at radius 2 is 1.25 bits per heavy atom. The molecule has 2 aromatic rings. The second-order valence-electron chi connectivity index (χ2n) is 12.3. The summed E-state index contributed by atoms with van der Waals surface area (Å²) in [5.41, 5.74) is -6.55. The average Bonchev–Trinajstić information content (AvgIpc) is 2.84. The molecule has 0 bridgehead atoms. The second-order valence-corrected chi connectivity index (χ2v) is 14.8. The third-order valence-electron chi connectivity index (χ3n) is 6.38. The monoisotopic (exact) mass is 652 g/mol. The first kappa shape index (κ1) is 36.9. The van der Waals surface area contributed by atoms with Crippen LogP contribution in [0.5, 0.6) is 0 Å². The molecule has 0 aliphatic carbocycles. The molecule has 0 spiro atoms. The van der Waals surface area contributed by atoms with Crippen molar-refractivity contribution in [1.29, 1.82) is 4.78 Å². The summed E-state index contributed by atoms with van der Waals surface area (Å²) in [6.07, 6.45) is -15.1. The molecule has 2 aromatic carbocycles. The molecule has 0 saturated carbocycles. The Hall–Kier alpha value is -3.29. The minimum absolute atomic E-state index is 0.391. The first-order valence-electron chi connectivity index (χ1n) is 13.6. The fourth-order valence-electron chi connectivity index (χ4n) is 4.29. The van der Waals surface area contributed by atoms with Crippen LogP contribution in [0.15, 0.2) is 54.6 Å². The molecule has 7 nitrogen and oxygen atoms in total. The summed E-state index contributed by atoms with van der Waals surface area (Å²) in [5.74, 6) is -3.09. The van der Waals surface area contributed by atoms with Crippen LogP contribution in [0.2, 0.25) is 0 Å². The molecule has 14 heteroatoms. The molecule has 0 aromatic heterocycles. The van der Waals surface area contributed by atoms with E-state index in [1.807, 2.05) is 0 Å². The zero-order valence-corrected chi connectivity index (χ0v) is 26.1. The number of benzene rings is 2. The van der Waals surface area contributed by atoms with Crippen molar-refractivity contribution < 1.29 is 49.6 Å². The SMILES string of the molecule is CC(C)(C)OC(=O)N[C@@H](CCS(=N)(=O)CCC(c1ccc(-c2ccccc2)cc1)(C(F)(F)F)C(F)(F)F)C(=O)OC(C)(C)C. The number of ether oxygens (including phenoxy) is 2. The minimum Gasteiger partial charge on any atom is -0.458 e. The summed E-state index contributed by atoms with van der Waals surface area (Å²) >= 11 is 0. The van der Waals surface area contributed by atoms with Crippen LogP contribution < -0.4 is 5.32 Å². The largest absolute Gasteiger partial charge is 0.458 e. The Labute approximate surface area is 253 Å². The quantitative estimate of drug-likeness (QED) is 0.202. The predicted octanol–water partition coefficient (Wildman–Crippen LogP) is 7.78. The molecular weight excluding hydrogens is 614 g/mol. The Kier molecular flexibility index (Phi) is 11.2. The van der Waals surface area contributed by atoms with Crippen molar-refractivity contribution >= 4 is 21.8 Å². The number of hydrogen-bond donors (Lipinski definition) is 2. The fourth-order valence-corrected chi connectivity index (χ4v) is 5.75. The van der Waals surface area contributed by atoms with Gasteiger partial charge in [-0.15, -0.1) is 0 Å². The smallest absolute Gasteiger partial charge is 0.408 e. The average molecular weight is 653 g/mol. The van der Waals surface area contributed by atoms with Crippen LogP contribution in [0.25, 0.3) is 11.1 Å². The lowest BCUT2D eigenvalue weighted by molar-refractivity contribution is -0.304. The molecule has 0 aliphatic heterocycles. The standard InChI is InChI=1S/C30H38F6N2O5S/c1-26(2,3)42-24(39)23(38-25(40)43-27(4,5)6)16-18-44(37,41)19-17-28(29(31,32)33,30(34,35)36)22-14-12-21(13-15-22)20-10-8-7-9-11-20/h7-15,23,37H,16-19H2,1-6H3,(H,38,40)/t23-,44?/m0/s1. The van der Waals surface area contributed by atoms with Crippen LogP contribution in [-0.4, -0.2) is 57.4 Å². The van der Waals surface area contributed by atoms with Gasteiger partial charge >= 0.3 is 24.4 Å². The highest BCUT2D eigenvalue weighted by Gasteiger charge is 2.71. The number of hydrogen-bond acceptors (Lipinski definition) is 6. The van der Waals surface area contributed by atoms with Gasteiger partial charge in [0.05, 0.1) is 0 Å². The molecule has 1 unspecified atom stereocenters. The normalized spacial score (nSPS) is 15.2. The van der Waals surface area contributed by atoms with Gasteiger partial charge in [-0.05, 0) is 71.1 Å². The lowest BCUT2D eigenvalue weighted by Gasteiger charge is -2.38. The summed E-state index contributed by atoms with van der Waals surface area (Å²) in [6, 6.07) is 10.6. The van der Waals surface area contributed by atoms with E-state index in [1.54, 1.807) is 51.1 Å². The highest BCUT2D eigenvalue weighted by molar-refractivity contribution is 7.92. The highest BCUT2D eigenvalue weighted by Crippen LogP contribution is 2.54. The molecule has 0 fully saturated rings. The highest BCUT2D eigenvalue weighted by atomic mass is 32.2. The third kappa shape index (κ3) is 10.1. The van der Waals surface area contributed by atoms with Gasteiger partial charge in [0.15, 0.2) is 5.41 Å². The van der Waals surface area contributed by atoms with E-state index in [9.17, 15) is 40.1 Å². The summed E-state index contributed by atoms with van der Waals surface area (Å²) in [5, 5.41) is 2.23. The lowest BCUT2D eigenvalue weighted by atomic mass is 9.76. The van der Waals surface area contributed by atoms with E-state index in [-0.39, 0.29) is 0 Å². The van der Waals surface area contributed by atoms with Crippen LogP contribution in [0.3, 0.4) is 0 Å². The van der Waals surface area contributed by atoms with Crippen LogP contribution >= 0.6 is 0 Å². The van der Waals surface area contributed by atoms with Gasteiger partial charge < -0.3 is 14.8 Å². The summed E-state index contributed by atoms with van der Waals surface area (Å²) in [6.45, 7) is 9.24. The lowest BCUT2D eigenvalue weighted by Crippen LogP contribution is -2.55. The van der Waals surface area contributed by atoms with E-state index in [1.165, 1.54) is 20.8 Å². The van der Waals surface area contributed by atoms with Gasteiger partial charge in [-0.1, -0.05) is 54.6 Å². The van der Waals surface area contributed by atoms with Crippen molar-refractivity contribution in [2.24, 2.45) is 0 Å². The molecule has 2 rings (SSSR count). The number of esters is 1. The predicted molar refractivity (Wildman–Crippen MR) is 154 cm³/mol. The van der Waals surface area contributed by atoms with E-state index in [0.717, 1.165) is 24.3 Å². The van der Waals surface area contributed by atoms with E-state index in [4.69, 9.17) is 14.3 Å². The topological polar surface area (TPSA) is 106 Å². The minimum atomic E-state index is -5.85. The van der Waals surface area contributed by atoms with Crippen molar-refractivity contribution in [2.45, 2.75) is 89.4 Å². The van der Waals surface area contributed by atoms with E-state index in [2.05, 4.69) is 5.32 Å². The third-order valence-corrected chi connectivity index (χ3v) is 8.14. The van der Waals surface area contributed by atoms with Crippen LogP contribution in [0.4, 0.5) is 31.1 Å². The zero-order chi connectivity index (χ0) is 33.8. The van der Waals surface area contributed by atoms with E-state index < -0.39 is 86.7 Å². The summed E-state index contributed by atoms with van der Waals surface area (Å²) in [4.78, 5) is 25.0. The number of carbonyl (C=O) groups excluding carboxylic acids is 2. The Balaban J connectivity index is 2.36. The molecule has 2 N–H and O–H groups in total. The molecule has 2 atom stereocenters. The van der Waals surface area contributed by atoms with Gasteiger partial charge in [0.2, 0.25) is 0 Å². The van der Waals surface area contributed by atoms with Gasteiger partial charge in [0.25, 0.3) is 0 Å². The van der Waals surface area contributed by atoms with Crippen LogP contribution in [0, 0.1) is 4.78 Å². The number of halogens is 6. The molecule has 1 amide bonds. The van der Waals surface area contributed by atoms with Gasteiger partial charge in [-0.2, -0.15) is 26.3 Å². The number of alkyl carbamates (subject to hydrolysis) is 1. The molecule has 0 aliphatic rings. The van der Waals surface area contributed by atoms with Crippen molar-refractivity contribution in [2.75, 3.05) is 11.5 Å². The Morgan fingerprint density at radius 3 is 1.70 bits per heavy atom. The fraction of sp³-hybridized carbons (Fsp3) is 0.533. The number of rotatable bonds is 10. The number of carbonyl (C=O) groups is 2. The number of alkyl halides is 6. The molecule has 44 heavy (non-hydrogen) atoms. The summed E-state index contributed by atoms with van der Waals surface area (Å²) in [7, 11) is -4.14.